The van der Waals surface area contributed by atoms with Crippen LogP contribution >= 0.6 is 11.6 Å². The lowest BCUT2D eigenvalue weighted by atomic mass is 10.1. The summed E-state index contributed by atoms with van der Waals surface area (Å²) in [7, 11) is 1.32. The van der Waals surface area contributed by atoms with Crippen LogP contribution in [0.15, 0.2) is 33.9 Å². The van der Waals surface area contributed by atoms with Crippen LogP contribution in [-0.2, 0) is 7.05 Å². The minimum atomic E-state index is -0.611. The van der Waals surface area contributed by atoms with Crippen molar-refractivity contribution in [2.75, 3.05) is 0 Å². The molecule has 17 heavy (non-hydrogen) atoms. The van der Waals surface area contributed by atoms with Crippen LogP contribution in [-0.4, -0.2) is 9.55 Å². The minimum absolute atomic E-state index is 0.0771. The molecule has 6 heteroatoms. The molecule has 1 aromatic carbocycles. The van der Waals surface area contributed by atoms with Crippen molar-refractivity contribution >= 4 is 11.6 Å². The number of aromatic nitrogens is 2. The topological polar surface area (TPSA) is 54.9 Å². The van der Waals surface area contributed by atoms with E-state index in [1.54, 1.807) is 6.07 Å². The van der Waals surface area contributed by atoms with Gasteiger partial charge in [-0.2, -0.15) is 0 Å². The lowest BCUT2D eigenvalue weighted by Crippen LogP contribution is -2.33. The van der Waals surface area contributed by atoms with Gasteiger partial charge in [0.2, 0.25) is 0 Å². The van der Waals surface area contributed by atoms with Gasteiger partial charge in [0.05, 0.1) is 5.56 Å². The van der Waals surface area contributed by atoms with Gasteiger partial charge in [-0.05, 0) is 17.7 Å². The average Bonchev–Trinajstić information content (AvgIpc) is 2.26. The van der Waals surface area contributed by atoms with E-state index in [2.05, 4.69) is 4.98 Å². The van der Waals surface area contributed by atoms with Crippen LogP contribution < -0.4 is 11.2 Å². The van der Waals surface area contributed by atoms with E-state index >= 15 is 0 Å². The molecule has 0 amide bonds. The highest BCUT2D eigenvalue weighted by Gasteiger charge is 2.12. The Hall–Kier alpha value is -1.88. The number of aromatic amines is 1. The van der Waals surface area contributed by atoms with Gasteiger partial charge in [0.15, 0.2) is 0 Å². The van der Waals surface area contributed by atoms with E-state index in [0.717, 1.165) is 4.57 Å². The maximum atomic E-state index is 13.1. The Morgan fingerprint density at radius 1 is 1.35 bits per heavy atom. The number of hydrogen-bond donors (Lipinski definition) is 1. The predicted octanol–water partition coefficient (Wildman–Crippen LogP) is 1.53. The zero-order valence-electron chi connectivity index (χ0n) is 8.83. The van der Waals surface area contributed by atoms with E-state index in [-0.39, 0.29) is 10.7 Å². The maximum absolute atomic E-state index is 13.1. The van der Waals surface area contributed by atoms with Gasteiger partial charge < -0.3 is 0 Å². The summed E-state index contributed by atoms with van der Waals surface area (Å²) in [5.74, 6) is -0.480. The van der Waals surface area contributed by atoms with Gasteiger partial charge in [0.25, 0.3) is 5.56 Å². The van der Waals surface area contributed by atoms with Gasteiger partial charge in [0, 0.05) is 7.05 Å². The van der Waals surface area contributed by atoms with Gasteiger partial charge in [-0.1, -0.05) is 23.7 Å². The number of H-pyrrole nitrogens is 1. The summed E-state index contributed by atoms with van der Waals surface area (Å²) in [5.41, 5.74) is -0.774. The van der Waals surface area contributed by atoms with Crippen LogP contribution in [0.5, 0.6) is 0 Å². The summed E-state index contributed by atoms with van der Waals surface area (Å²) in [6.07, 6.45) is 0. The first-order valence-electron chi connectivity index (χ1n) is 4.75. The van der Waals surface area contributed by atoms with Crippen LogP contribution in [0, 0.1) is 5.82 Å². The van der Waals surface area contributed by atoms with Crippen molar-refractivity contribution in [2.24, 2.45) is 7.05 Å². The Morgan fingerprint density at radius 3 is 2.71 bits per heavy atom. The Bertz CT molecular complexity index is 691. The number of rotatable bonds is 1. The molecule has 88 valence electrons. The number of nitrogens with zero attached hydrogens (tertiary/aromatic N) is 1. The van der Waals surface area contributed by atoms with E-state index in [9.17, 15) is 14.0 Å². The lowest BCUT2D eigenvalue weighted by molar-refractivity contribution is 0.628. The normalized spacial score (nSPS) is 10.5. The molecule has 0 saturated carbocycles. The SMILES string of the molecule is Cn1c(=O)[nH]c(Cl)c(-c2cccc(F)c2)c1=O. The van der Waals surface area contributed by atoms with Gasteiger partial charge in [-0.15, -0.1) is 0 Å². The molecule has 2 rings (SSSR count). The molecule has 0 atom stereocenters. The van der Waals surface area contributed by atoms with E-state index in [0.29, 0.717) is 5.56 Å². The third-order valence-electron chi connectivity index (χ3n) is 2.37. The van der Waals surface area contributed by atoms with Crippen LogP contribution in [0.2, 0.25) is 5.15 Å². The van der Waals surface area contributed by atoms with E-state index in [4.69, 9.17) is 11.6 Å². The van der Waals surface area contributed by atoms with Crippen molar-refractivity contribution in [1.82, 2.24) is 9.55 Å². The standard InChI is InChI=1S/C11H8ClFN2O2/c1-15-10(16)8(9(12)14-11(15)17)6-3-2-4-7(13)5-6/h2-5H,1H3,(H,14,17). The Morgan fingerprint density at radius 2 is 2.06 bits per heavy atom. The van der Waals surface area contributed by atoms with Gasteiger partial charge >= 0.3 is 5.69 Å². The Balaban J connectivity index is 2.81. The number of hydrogen-bond acceptors (Lipinski definition) is 2. The van der Waals surface area contributed by atoms with Crippen LogP contribution in [0.25, 0.3) is 11.1 Å². The molecule has 0 aliphatic carbocycles. The fourth-order valence-corrected chi connectivity index (χ4v) is 1.76. The van der Waals surface area contributed by atoms with Crippen molar-refractivity contribution in [1.29, 1.82) is 0 Å². The fourth-order valence-electron chi connectivity index (χ4n) is 1.49. The molecule has 2 aromatic rings. The predicted molar refractivity (Wildman–Crippen MR) is 62.7 cm³/mol. The molecule has 0 aliphatic rings. The maximum Gasteiger partial charge on any atom is 0.329 e. The first kappa shape index (κ1) is 11.6. The molecule has 0 fully saturated rings. The zero-order valence-corrected chi connectivity index (χ0v) is 9.58. The Labute approximate surface area is 100 Å². The highest BCUT2D eigenvalue weighted by molar-refractivity contribution is 6.32. The molecule has 0 unspecified atom stereocenters. The second kappa shape index (κ2) is 4.18. The molecule has 1 N–H and O–H groups in total. The average molecular weight is 255 g/mol. The van der Waals surface area contributed by atoms with Gasteiger partial charge in [0.1, 0.15) is 11.0 Å². The Kier molecular flexibility index (Phi) is 2.85. The molecule has 1 heterocycles. The fraction of sp³-hybridized carbons (Fsp3) is 0.0909. The molecular weight excluding hydrogens is 247 g/mol. The minimum Gasteiger partial charge on any atom is -0.297 e. The summed E-state index contributed by atoms with van der Waals surface area (Å²) < 4.78 is 14.0. The molecule has 0 bridgehead atoms. The quantitative estimate of drug-likeness (QED) is 0.785. The molecule has 0 saturated heterocycles. The van der Waals surface area contributed by atoms with Gasteiger partial charge in [-0.25, -0.2) is 9.18 Å². The van der Waals surface area contributed by atoms with E-state index < -0.39 is 17.1 Å². The third-order valence-corrected chi connectivity index (χ3v) is 2.66. The third kappa shape index (κ3) is 2.01. The molecule has 1 aromatic heterocycles. The number of halogens is 2. The lowest BCUT2D eigenvalue weighted by Gasteiger charge is -2.05. The number of benzene rings is 1. The summed E-state index contributed by atoms with van der Waals surface area (Å²) in [6.45, 7) is 0. The van der Waals surface area contributed by atoms with Crippen molar-refractivity contribution in [2.45, 2.75) is 0 Å². The van der Waals surface area contributed by atoms with Crippen LogP contribution in [0.4, 0.5) is 4.39 Å². The monoisotopic (exact) mass is 254 g/mol. The number of nitrogens with one attached hydrogen (secondary N) is 1. The molecule has 0 aliphatic heterocycles. The largest absolute Gasteiger partial charge is 0.329 e. The van der Waals surface area contributed by atoms with Crippen molar-refractivity contribution in [3.05, 3.63) is 56.1 Å². The van der Waals surface area contributed by atoms with Crippen molar-refractivity contribution in [3.63, 3.8) is 0 Å². The first-order valence-corrected chi connectivity index (χ1v) is 5.13. The highest BCUT2D eigenvalue weighted by Crippen LogP contribution is 2.21. The van der Waals surface area contributed by atoms with Gasteiger partial charge in [-0.3, -0.25) is 14.3 Å². The second-order valence-electron chi connectivity index (χ2n) is 3.49. The van der Waals surface area contributed by atoms with Crippen LogP contribution in [0.3, 0.4) is 0 Å². The molecule has 4 nitrogen and oxygen atoms in total. The second-order valence-corrected chi connectivity index (χ2v) is 3.87. The van der Waals surface area contributed by atoms with Crippen LogP contribution in [0.1, 0.15) is 0 Å². The summed E-state index contributed by atoms with van der Waals surface area (Å²) in [4.78, 5) is 25.4. The molecular formula is C11H8ClFN2O2. The van der Waals surface area contributed by atoms with E-state index in [1.165, 1.54) is 25.2 Å². The highest BCUT2D eigenvalue weighted by atomic mass is 35.5. The van der Waals surface area contributed by atoms with E-state index in [1.807, 2.05) is 0 Å². The summed E-state index contributed by atoms with van der Waals surface area (Å²) in [5, 5.41) is -0.0938. The summed E-state index contributed by atoms with van der Waals surface area (Å²) in [6, 6.07) is 5.45. The molecule has 0 spiro atoms. The van der Waals surface area contributed by atoms with Crippen molar-refractivity contribution < 1.29 is 4.39 Å². The zero-order chi connectivity index (χ0) is 12.6. The van der Waals surface area contributed by atoms with Crippen molar-refractivity contribution in [3.8, 4) is 11.1 Å². The molecule has 0 radical (unpaired) electrons. The smallest absolute Gasteiger partial charge is 0.297 e. The first-order chi connectivity index (χ1) is 8.00. The summed E-state index contributed by atoms with van der Waals surface area (Å²) >= 11 is 5.80.